The third-order valence-corrected chi connectivity index (χ3v) is 4.86. The van der Waals surface area contributed by atoms with Gasteiger partial charge in [0.2, 0.25) is 0 Å². The summed E-state index contributed by atoms with van der Waals surface area (Å²) in [6.07, 6.45) is 3.03. The molecule has 0 spiro atoms. The molecule has 3 amide bonds. The first-order chi connectivity index (χ1) is 13.4. The van der Waals surface area contributed by atoms with E-state index in [4.69, 9.17) is 5.73 Å². The number of aromatic nitrogens is 1. The van der Waals surface area contributed by atoms with E-state index in [1.807, 2.05) is 6.92 Å². The Morgan fingerprint density at radius 3 is 2.57 bits per heavy atom. The Bertz CT molecular complexity index is 897. The third-order valence-electron chi connectivity index (χ3n) is 4.86. The number of carbonyl (C=O) groups is 3. The Morgan fingerprint density at radius 1 is 1.18 bits per heavy atom. The third kappa shape index (κ3) is 4.11. The molecular formula is C20H22N4O4. The number of primary amides is 1. The molecule has 1 aliphatic rings. The van der Waals surface area contributed by atoms with Crippen LogP contribution in [0.25, 0.3) is 0 Å². The van der Waals surface area contributed by atoms with Crippen LogP contribution < -0.4 is 11.1 Å². The summed E-state index contributed by atoms with van der Waals surface area (Å²) >= 11 is 0. The summed E-state index contributed by atoms with van der Waals surface area (Å²) in [5.41, 5.74) is 6.17. The van der Waals surface area contributed by atoms with Gasteiger partial charge in [0.05, 0.1) is 11.6 Å². The van der Waals surface area contributed by atoms with E-state index in [-0.39, 0.29) is 29.1 Å². The van der Waals surface area contributed by atoms with E-state index in [0.29, 0.717) is 13.0 Å². The summed E-state index contributed by atoms with van der Waals surface area (Å²) in [5, 5.41) is 11.9. The maximum atomic E-state index is 12.9. The number of benzene rings is 1. The number of nitrogens with one attached hydrogen (secondary N) is 1. The SMILES string of the molecule is C[C@@H]1CC[C@@H](c2ccc(O)cc2)N(C(=O)C(=O)Nc2ncccc2C(N)=O)C1. The highest BCUT2D eigenvalue weighted by Gasteiger charge is 2.34. The number of rotatable bonds is 3. The van der Waals surface area contributed by atoms with Gasteiger partial charge in [-0.3, -0.25) is 14.4 Å². The molecule has 1 fully saturated rings. The van der Waals surface area contributed by atoms with Crippen LogP contribution in [0.4, 0.5) is 5.82 Å². The van der Waals surface area contributed by atoms with Gasteiger partial charge in [-0.2, -0.15) is 0 Å². The number of hydrogen-bond acceptors (Lipinski definition) is 5. The number of hydrogen-bond donors (Lipinski definition) is 3. The number of pyridine rings is 1. The molecule has 4 N–H and O–H groups in total. The molecule has 0 aliphatic carbocycles. The van der Waals surface area contributed by atoms with Crippen LogP contribution in [0.1, 0.15) is 41.7 Å². The lowest BCUT2D eigenvalue weighted by Crippen LogP contribution is -2.46. The van der Waals surface area contributed by atoms with Crippen molar-refractivity contribution in [2.75, 3.05) is 11.9 Å². The number of nitrogens with two attached hydrogens (primary N) is 1. The van der Waals surface area contributed by atoms with Crippen LogP contribution >= 0.6 is 0 Å². The summed E-state index contributed by atoms with van der Waals surface area (Å²) in [6.45, 7) is 2.46. The van der Waals surface area contributed by atoms with Crippen molar-refractivity contribution in [3.8, 4) is 5.75 Å². The van der Waals surface area contributed by atoms with Crippen LogP contribution in [0, 0.1) is 5.92 Å². The fourth-order valence-electron chi connectivity index (χ4n) is 3.42. The molecule has 3 rings (SSSR count). The minimum absolute atomic E-state index is 0.0331. The first-order valence-electron chi connectivity index (χ1n) is 9.02. The van der Waals surface area contributed by atoms with Crippen LogP contribution in [0.5, 0.6) is 5.75 Å². The van der Waals surface area contributed by atoms with E-state index < -0.39 is 17.7 Å². The van der Waals surface area contributed by atoms with Crippen molar-refractivity contribution in [2.24, 2.45) is 11.7 Å². The number of anilines is 1. The predicted molar refractivity (Wildman–Crippen MR) is 102 cm³/mol. The second-order valence-electron chi connectivity index (χ2n) is 6.97. The molecule has 146 valence electrons. The Morgan fingerprint density at radius 2 is 1.89 bits per heavy atom. The minimum atomic E-state index is -0.876. The quantitative estimate of drug-likeness (QED) is 0.698. The largest absolute Gasteiger partial charge is 0.508 e. The molecule has 1 aromatic carbocycles. The van der Waals surface area contributed by atoms with Crippen LogP contribution in [0.15, 0.2) is 42.6 Å². The Hall–Kier alpha value is -3.42. The first-order valence-corrected chi connectivity index (χ1v) is 9.02. The summed E-state index contributed by atoms with van der Waals surface area (Å²) < 4.78 is 0. The van der Waals surface area contributed by atoms with E-state index in [0.717, 1.165) is 12.0 Å². The molecule has 1 aliphatic heterocycles. The maximum absolute atomic E-state index is 12.9. The summed E-state index contributed by atoms with van der Waals surface area (Å²) in [4.78, 5) is 42.5. The van der Waals surface area contributed by atoms with Crippen LogP contribution in [-0.2, 0) is 9.59 Å². The number of piperidine rings is 1. The average Bonchev–Trinajstić information content (AvgIpc) is 2.68. The number of carbonyl (C=O) groups excluding carboxylic acids is 3. The Kier molecular flexibility index (Phi) is 5.58. The molecule has 2 heterocycles. The second-order valence-corrected chi connectivity index (χ2v) is 6.97. The van der Waals surface area contributed by atoms with Crippen molar-refractivity contribution >= 4 is 23.5 Å². The standard InChI is InChI=1S/C20H22N4O4/c1-12-4-9-16(13-5-7-14(25)8-6-13)24(11-12)20(28)19(27)23-18-15(17(21)26)3-2-10-22-18/h2-3,5-8,10,12,16,25H,4,9,11H2,1H3,(H2,21,26)(H,22,23,27)/t12-,16+/m1/s1. The van der Waals surface area contributed by atoms with Gasteiger partial charge in [0.25, 0.3) is 5.91 Å². The van der Waals surface area contributed by atoms with Gasteiger partial charge in [0.15, 0.2) is 0 Å². The molecule has 28 heavy (non-hydrogen) atoms. The number of phenols is 1. The van der Waals surface area contributed by atoms with Gasteiger partial charge in [-0.15, -0.1) is 0 Å². The van der Waals surface area contributed by atoms with Crippen molar-refractivity contribution in [1.29, 1.82) is 0 Å². The Labute approximate surface area is 162 Å². The average molecular weight is 382 g/mol. The number of aromatic hydroxyl groups is 1. The first kappa shape index (κ1) is 19.3. The van der Waals surface area contributed by atoms with Crippen molar-refractivity contribution < 1.29 is 19.5 Å². The van der Waals surface area contributed by atoms with Gasteiger partial charge in [-0.1, -0.05) is 19.1 Å². The summed E-state index contributed by atoms with van der Waals surface area (Å²) in [7, 11) is 0. The molecule has 0 radical (unpaired) electrons. The van der Waals surface area contributed by atoms with Crippen LogP contribution in [0.2, 0.25) is 0 Å². The second kappa shape index (κ2) is 8.08. The lowest BCUT2D eigenvalue weighted by atomic mass is 9.90. The number of phenolic OH excluding ortho intramolecular Hbond substituents is 1. The number of amides is 3. The molecule has 8 heteroatoms. The normalized spacial score (nSPS) is 19.1. The lowest BCUT2D eigenvalue weighted by molar-refractivity contribution is -0.146. The summed E-state index contributed by atoms with van der Waals surface area (Å²) in [5.74, 6) is -1.98. The Balaban J connectivity index is 1.82. The number of nitrogens with zero attached hydrogens (tertiary/aromatic N) is 2. The zero-order chi connectivity index (χ0) is 20.3. The van der Waals surface area contributed by atoms with Gasteiger partial charge in [0.1, 0.15) is 11.6 Å². The van der Waals surface area contributed by atoms with Gasteiger partial charge in [-0.05, 0) is 48.6 Å². The van der Waals surface area contributed by atoms with Gasteiger partial charge >= 0.3 is 11.8 Å². The minimum Gasteiger partial charge on any atom is -0.508 e. The highest BCUT2D eigenvalue weighted by atomic mass is 16.3. The number of likely N-dealkylation sites (tertiary alicyclic amines) is 1. The van der Waals surface area contributed by atoms with Gasteiger partial charge in [-0.25, -0.2) is 4.98 Å². The lowest BCUT2D eigenvalue weighted by Gasteiger charge is -2.38. The molecule has 1 saturated heterocycles. The monoisotopic (exact) mass is 382 g/mol. The molecule has 2 atom stereocenters. The molecule has 0 unspecified atom stereocenters. The van der Waals surface area contributed by atoms with Crippen molar-refractivity contribution in [1.82, 2.24) is 9.88 Å². The molecule has 0 bridgehead atoms. The summed E-state index contributed by atoms with van der Waals surface area (Å²) in [6, 6.07) is 9.29. The maximum Gasteiger partial charge on any atom is 0.315 e. The van der Waals surface area contributed by atoms with E-state index in [9.17, 15) is 19.5 Å². The van der Waals surface area contributed by atoms with Crippen molar-refractivity contribution in [2.45, 2.75) is 25.8 Å². The molecule has 8 nitrogen and oxygen atoms in total. The van der Waals surface area contributed by atoms with Crippen LogP contribution in [-0.4, -0.2) is 39.3 Å². The molecule has 0 saturated carbocycles. The topological polar surface area (TPSA) is 126 Å². The fraction of sp³-hybridized carbons (Fsp3) is 0.300. The van der Waals surface area contributed by atoms with Gasteiger partial charge < -0.3 is 21.1 Å². The van der Waals surface area contributed by atoms with E-state index in [1.165, 1.54) is 23.2 Å². The van der Waals surface area contributed by atoms with E-state index >= 15 is 0 Å². The van der Waals surface area contributed by atoms with Crippen LogP contribution in [0.3, 0.4) is 0 Å². The zero-order valence-electron chi connectivity index (χ0n) is 15.5. The molecular weight excluding hydrogens is 360 g/mol. The van der Waals surface area contributed by atoms with E-state index in [1.54, 1.807) is 24.3 Å². The highest BCUT2D eigenvalue weighted by molar-refractivity contribution is 6.39. The fourth-order valence-corrected chi connectivity index (χ4v) is 3.42. The predicted octanol–water partition coefficient (Wildman–Crippen LogP) is 1.82. The molecule has 2 aromatic rings. The smallest absolute Gasteiger partial charge is 0.315 e. The van der Waals surface area contributed by atoms with Crippen molar-refractivity contribution in [3.05, 3.63) is 53.7 Å². The zero-order valence-corrected chi connectivity index (χ0v) is 15.5. The highest BCUT2D eigenvalue weighted by Crippen LogP contribution is 2.34. The van der Waals surface area contributed by atoms with Gasteiger partial charge in [0, 0.05) is 12.7 Å². The molecule has 1 aromatic heterocycles. The van der Waals surface area contributed by atoms with E-state index in [2.05, 4.69) is 10.3 Å². The van der Waals surface area contributed by atoms with Crippen molar-refractivity contribution in [3.63, 3.8) is 0 Å².